The molecule has 0 N–H and O–H groups in total. The third-order valence-corrected chi connectivity index (χ3v) is 6.21. The van der Waals surface area contributed by atoms with Crippen LogP contribution >= 0.6 is 0 Å². The summed E-state index contributed by atoms with van der Waals surface area (Å²) in [5.41, 5.74) is 5.47. The fourth-order valence-electron chi connectivity index (χ4n) is 4.38. The number of hydrogen-bond donors (Lipinski definition) is 0. The average molecular weight is 407 g/mol. The van der Waals surface area contributed by atoms with Crippen molar-refractivity contribution in [2.24, 2.45) is 0 Å². The van der Waals surface area contributed by atoms with Crippen LogP contribution in [0, 0.1) is 13.8 Å². The Labute approximate surface area is 177 Å². The maximum absolute atomic E-state index is 13.0. The number of amides is 1. The number of aromatic nitrogens is 2. The Morgan fingerprint density at radius 2 is 1.57 bits per heavy atom. The van der Waals surface area contributed by atoms with Crippen LogP contribution in [0.3, 0.4) is 0 Å². The van der Waals surface area contributed by atoms with Gasteiger partial charge in [0.1, 0.15) is 6.54 Å². The predicted molar refractivity (Wildman–Crippen MR) is 121 cm³/mol. The molecule has 0 saturated carbocycles. The van der Waals surface area contributed by atoms with Gasteiger partial charge < -0.3 is 9.80 Å². The number of para-hydroxylation sites is 2. The molecule has 6 heteroatoms. The molecule has 0 atom stereocenters. The molecule has 1 aliphatic rings. The molecular weight excluding hydrogens is 376 g/mol. The monoisotopic (exact) mass is 406 g/mol. The minimum absolute atomic E-state index is 0.0112. The Kier molecular flexibility index (Phi) is 5.66. The Bertz CT molecular complexity index is 1120. The summed E-state index contributed by atoms with van der Waals surface area (Å²) in [5, 5.41) is 0. The molecule has 158 valence electrons. The zero-order valence-corrected chi connectivity index (χ0v) is 18.1. The standard InChI is InChI=1S/C24H30N4O2/c1-4-12-27-21-9-5-6-10-22(21)28(24(27)30)17-23(29)26-15-13-25(14-16-26)20-11-7-8-18(2)19(20)3/h5-11H,4,12-17H2,1-3H3. The number of carbonyl (C=O) groups is 1. The summed E-state index contributed by atoms with van der Waals surface area (Å²) in [6.45, 7) is 10.1. The number of carbonyl (C=O) groups excluding carboxylic acids is 1. The highest BCUT2D eigenvalue weighted by Gasteiger charge is 2.24. The van der Waals surface area contributed by atoms with E-state index < -0.39 is 0 Å². The Balaban J connectivity index is 1.49. The summed E-state index contributed by atoms with van der Waals surface area (Å²) in [7, 11) is 0. The smallest absolute Gasteiger partial charge is 0.329 e. The van der Waals surface area contributed by atoms with E-state index in [2.05, 4.69) is 43.9 Å². The molecule has 1 aromatic heterocycles. The van der Waals surface area contributed by atoms with Gasteiger partial charge in [0.15, 0.2) is 0 Å². The van der Waals surface area contributed by atoms with Crippen LogP contribution in [0.4, 0.5) is 5.69 Å². The topological polar surface area (TPSA) is 50.5 Å². The van der Waals surface area contributed by atoms with E-state index in [-0.39, 0.29) is 18.1 Å². The summed E-state index contributed by atoms with van der Waals surface area (Å²) in [4.78, 5) is 30.2. The van der Waals surface area contributed by atoms with Crippen molar-refractivity contribution >= 4 is 22.6 Å². The second kappa shape index (κ2) is 8.38. The number of benzene rings is 2. The molecule has 30 heavy (non-hydrogen) atoms. The Hall–Kier alpha value is -3.02. The minimum atomic E-state index is -0.0968. The molecule has 1 saturated heterocycles. The van der Waals surface area contributed by atoms with E-state index in [9.17, 15) is 9.59 Å². The maximum atomic E-state index is 13.0. The van der Waals surface area contributed by atoms with E-state index in [0.29, 0.717) is 19.6 Å². The first kappa shape index (κ1) is 20.3. The van der Waals surface area contributed by atoms with E-state index >= 15 is 0 Å². The van der Waals surface area contributed by atoms with Gasteiger partial charge in [-0.05, 0) is 49.6 Å². The first-order chi connectivity index (χ1) is 14.5. The molecule has 6 nitrogen and oxygen atoms in total. The molecule has 0 spiro atoms. The van der Waals surface area contributed by atoms with Crippen LogP contribution in [0.1, 0.15) is 24.5 Å². The van der Waals surface area contributed by atoms with Crippen LogP contribution < -0.4 is 10.6 Å². The molecular formula is C24H30N4O2. The average Bonchev–Trinajstić information content (AvgIpc) is 3.02. The molecule has 1 amide bonds. The first-order valence-corrected chi connectivity index (χ1v) is 10.8. The van der Waals surface area contributed by atoms with Gasteiger partial charge in [0, 0.05) is 38.4 Å². The van der Waals surface area contributed by atoms with Crippen molar-refractivity contribution in [1.82, 2.24) is 14.0 Å². The molecule has 0 radical (unpaired) electrons. The van der Waals surface area contributed by atoms with Gasteiger partial charge in [-0.3, -0.25) is 13.9 Å². The molecule has 4 rings (SSSR count). The van der Waals surface area contributed by atoms with Crippen molar-refractivity contribution in [3.8, 4) is 0 Å². The van der Waals surface area contributed by atoms with Crippen LogP contribution in [-0.2, 0) is 17.9 Å². The first-order valence-electron chi connectivity index (χ1n) is 10.8. The molecule has 1 aliphatic heterocycles. The largest absolute Gasteiger partial charge is 0.368 e. The number of fused-ring (bicyclic) bond motifs is 1. The lowest BCUT2D eigenvalue weighted by Crippen LogP contribution is -2.50. The summed E-state index contributed by atoms with van der Waals surface area (Å²) in [6, 6.07) is 14.1. The third-order valence-electron chi connectivity index (χ3n) is 6.21. The fourth-order valence-corrected chi connectivity index (χ4v) is 4.38. The number of anilines is 1. The van der Waals surface area contributed by atoms with Crippen LogP contribution in [0.2, 0.25) is 0 Å². The van der Waals surface area contributed by atoms with Gasteiger partial charge in [-0.25, -0.2) is 4.79 Å². The summed E-state index contributed by atoms with van der Waals surface area (Å²) < 4.78 is 3.41. The predicted octanol–water partition coefficient (Wildman–Crippen LogP) is 3.18. The van der Waals surface area contributed by atoms with Gasteiger partial charge in [-0.2, -0.15) is 0 Å². The van der Waals surface area contributed by atoms with Gasteiger partial charge in [0.2, 0.25) is 5.91 Å². The highest BCUT2D eigenvalue weighted by atomic mass is 16.2. The van der Waals surface area contributed by atoms with E-state index in [1.165, 1.54) is 16.8 Å². The second-order valence-electron chi connectivity index (χ2n) is 8.10. The third kappa shape index (κ3) is 3.62. The van der Waals surface area contributed by atoms with Crippen molar-refractivity contribution in [3.63, 3.8) is 0 Å². The SMILES string of the molecule is CCCn1c(=O)n(CC(=O)N2CCN(c3cccc(C)c3C)CC2)c2ccccc21. The van der Waals surface area contributed by atoms with E-state index in [1.807, 2.05) is 29.2 Å². The van der Waals surface area contributed by atoms with Gasteiger partial charge in [0.05, 0.1) is 11.0 Å². The number of piperazine rings is 1. The number of imidazole rings is 1. The van der Waals surface area contributed by atoms with Crippen LogP contribution in [0.5, 0.6) is 0 Å². The number of hydrogen-bond acceptors (Lipinski definition) is 3. The fraction of sp³-hybridized carbons (Fsp3) is 0.417. The second-order valence-corrected chi connectivity index (χ2v) is 8.10. The Morgan fingerprint density at radius 3 is 2.23 bits per heavy atom. The van der Waals surface area contributed by atoms with Crippen molar-refractivity contribution in [3.05, 3.63) is 64.1 Å². The van der Waals surface area contributed by atoms with E-state index in [0.717, 1.165) is 30.5 Å². The number of nitrogens with zero attached hydrogens (tertiary/aromatic N) is 4. The highest BCUT2D eigenvalue weighted by Crippen LogP contribution is 2.24. The molecule has 0 unspecified atom stereocenters. The lowest BCUT2D eigenvalue weighted by atomic mass is 10.1. The van der Waals surface area contributed by atoms with Crippen molar-refractivity contribution in [2.75, 3.05) is 31.1 Å². The number of rotatable bonds is 5. The van der Waals surface area contributed by atoms with Gasteiger partial charge in [-0.15, -0.1) is 0 Å². The van der Waals surface area contributed by atoms with Crippen LogP contribution in [0.15, 0.2) is 47.3 Å². The van der Waals surface area contributed by atoms with Gasteiger partial charge in [-0.1, -0.05) is 31.2 Å². The van der Waals surface area contributed by atoms with Crippen molar-refractivity contribution in [2.45, 2.75) is 40.3 Å². The van der Waals surface area contributed by atoms with Gasteiger partial charge >= 0.3 is 5.69 Å². The van der Waals surface area contributed by atoms with E-state index in [4.69, 9.17) is 0 Å². The molecule has 0 aliphatic carbocycles. The number of aryl methyl sites for hydroxylation is 2. The lowest BCUT2D eigenvalue weighted by Gasteiger charge is -2.37. The van der Waals surface area contributed by atoms with Crippen LogP contribution in [0.25, 0.3) is 11.0 Å². The molecule has 2 heterocycles. The normalized spacial score (nSPS) is 14.5. The zero-order chi connectivity index (χ0) is 21.3. The Morgan fingerprint density at radius 1 is 0.900 bits per heavy atom. The molecule has 0 bridgehead atoms. The zero-order valence-electron chi connectivity index (χ0n) is 18.1. The van der Waals surface area contributed by atoms with Crippen molar-refractivity contribution < 1.29 is 4.79 Å². The maximum Gasteiger partial charge on any atom is 0.329 e. The molecule has 3 aromatic rings. The minimum Gasteiger partial charge on any atom is -0.368 e. The molecule has 1 fully saturated rings. The van der Waals surface area contributed by atoms with Crippen molar-refractivity contribution in [1.29, 1.82) is 0 Å². The van der Waals surface area contributed by atoms with Crippen LogP contribution in [-0.4, -0.2) is 46.1 Å². The van der Waals surface area contributed by atoms with Gasteiger partial charge in [0.25, 0.3) is 0 Å². The lowest BCUT2D eigenvalue weighted by molar-refractivity contribution is -0.132. The highest BCUT2D eigenvalue weighted by molar-refractivity contribution is 5.81. The summed E-state index contributed by atoms with van der Waals surface area (Å²) in [6.07, 6.45) is 0.877. The quantitative estimate of drug-likeness (QED) is 0.654. The summed E-state index contributed by atoms with van der Waals surface area (Å²) >= 11 is 0. The summed E-state index contributed by atoms with van der Waals surface area (Å²) in [5.74, 6) is 0.0112. The molecule has 2 aromatic carbocycles. The van der Waals surface area contributed by atoms with E-state index in [1.54, 1.807) is 9.13 Å².